The van der Waals surface area contributed by atoms with Crippen molar-refractivity contribution in [3.63, 3.8) is 0 Å². The molecular weight excluding hydrogens is 719 g/mol. The minimum atomic E-state index is 0.0730. The van der Waals surface area contributed by atoms with Crippen LogP contribution >= 0.6 is 0 Å². The van der Waals surface area contributed by atoms with Gasteiger partial charge in [-0.1, -0.05) is 182 Å². The molecule has 0 aromatic carbocycles. The van der Waals surface area contributed by atoms with E-state index in [1.807, 2.05) is 0 Å². The van der Waals surface area contributed by atoms with Crippen molar-refractivity contribution in [2.24, 2.45) is 11.8 Å². The molecule has 1 aliphatic heterocycles. The highest BCUT2D eigenvalue weighted by atomic mass is 16.5. The third-order valence-electron chi connectivity index (χ3n) is 12.8. The van der Waals surface area contributed by atoms with Crippen molar-refractivity contribution in [2.45, 2.75) is 233 Å². The molecule has 0 aromatic rings. The molecule has 1 heterocycles. The zero-order valence-corrected chi connectivity index (χ0v) is 39.8. The SMILES string of the molecule is CCCCCCCCC(CCCCCC)C(=O)OCCCCCCN(CCCCCCOC(=O)C(CCCCCC)CCCCCCCC)CCN1CCN(C)CC1. The lowest BCUT2D eigenvalue weighted by molar-refractivity contribution is -0.150. The van der Waals surface area contributed by atoms with Gasteiger partial charge in [-0.25, -0.2) is 0 Å². The fourth-order valence-electron chi connectivity index (χ4n) is 8.59. The van der Waals surface area contributed by atoms with Gasteiger partial charge in [0.15, 0.2) is 0 Å². The zero-order chi connectivity index (χ0) is 42.2. The molecule has 0 aliphatic carbocycles. The number of hydrogen-bond acceptors (Lipinski definition) is 7. The van der Waals surface area contributed by atoms with Crippen LogP contribution in [0.5, 0.6) is 0 Å². The number of esters is 2. The van der Waals surface area contributed by atoms with Gasteiger partial charge >= 0.3 is 11.9 Å². The van der Waals surface area contributed by atoms with Crippen molar-refractivity contribution < 1.29 is 19.1 Å². The number of hydrogen-bond donors (Lipinski definition) is 0. The maximum absolute atomic E-state index is 13.1. The Morgan fingerprint density at radius 2 is 0.759 bits per heavy atom. The third kappa shape index (κ3) is 32.6. The Morgan fingerprint density at radius 3 is 1.16 bits per heavy atom. The van der Waals surface area contributed by atoms with Gasteiger partial charge in [0.25, 0.3) is 0 Å². The Bertz CT molecular complexity index is 837. The predicted octanol–water partition coefficient (Wildman–Crippen LogP) is 13.4. The Balaban J connectivity index is 2.41. The number of unbranched alkanes of at least 4 members (excludes halogenated alkanes) is 22. The van der Waals surface area contributed by atoms with Gasteiger partial charge in [-0.2, -0.15) is 0 Å². The molecule has 0 saturated carbocycles. The van der Waals surface area contributed by atoms with E-state index in [2.05, 4.69) is 49.4 Å². The average molecular weight is 820 g/mol. The lowest BCUT2D eigenvalue weighted by Crippen LogP contribution is -2.47. The largest absolute Gasteiger partial charge is 0.465 e. The van der Waals surface area contributed by atoms with E-state index in [0.29, 0.717) is 13.2 Å². The highest BCUT2D eigenvalue weighted by molar-refractivity contribution is 5.72. The predicted molar refractivity (Wildman–Crippen MR) is 250 cm³/mol. The summed E-state index contributed by atoms with van der Waals surface area (Å²) in [4.78, 5) is 33.9. The molecule has 0 spiro atoms. The average Bonchev–Trinajstić information content (AvgIpc) is 3.23. The second kappa shape index (κ2) is 41.2. The van der Waals surface area contributed by atoms with Crippen LogP contribution in [0.25, 0.3) is 0 Å². The molecule has 0 N–H and O–H groups in total. The fourth-order valence-corrected chi connectivity index (χ4v) is 8.59. The smallest absolute Gasteiger partial charge is 0.308 e. The van der Waals surface area contributed by atoms with Crippen molar-refractivity contribution >= 4 is 11.9 Å². The Kier molecular flexibility index (Phi) is 38.9. The minimum Gasteiger partial charge on any atom is -0.465 e. The van der Waals surface area contributed by atoms with Crippen LogP contribution in [0.15, 0.2) is 0 Å². The third-order valence-corrected chi connectivity index (χ3v) is 12.8. The van der Waals surface area contributed by atoms with Gasteiger partial charge in [0.05, 0.1) is 25.0 Å². The molecule has 2 unspecified atom stereocenters. The van der Waals surface area contributed by atoms with Crippen LogP contribution in [0, 0.1) is 11.8 Å². The topological polar surface area (TPSA) is 62.3 Å². The molecule has 7 nitrogen and oxygen atoms in total. The molecule has 1 saturated heterocycles. The van der Waals surface area contributed by atoms with Crippen LogP contribution < -0.4 is 0 Å². The summed E-state index contributed by atoms with van der Waals surface area (Å²) in [5.41, 5.74) is 0. The molecule has 58 heavy (non-hydrogen) atoms. The number of carbonyl (C=O) groups excluding carboxylic acids is 2. The van der Waals surface area contributed by atoms with Crippen LogP contribution in [0.1, 0.15) is 233 Å². The monoisotopic (exact) mass is 820 g/mol. The second-order valence-corrected chi connectivity index (χ2v) is 18.4. The molecule has 1 fully saturated rings. The Morgan fingerprint density at radius 1 is 0.431 bits per heavy atom. The lowest BCUT2D eigenvalue weighted by Gasteiger charge is -2.34. The minimum absolute atomic E-state index is 0.0730. The maximum Gasteiger partial charge on any atom is 0.308 e. The first-order chi connectivity index (χ1) is 28.4. The Hall–Kier alpha value is -1.18. The van der Waals surface area contributed by atoms with Crippen molar-refractivity contribution in [3.8, 4) is 0 Å². The second-order valence-electron chi connectivity index (χ2n) is 18.4. The highest BCUT2D eigenvalue weighted by Gasteiger charge is 2.21. The van der Waals surface area contributed by atoms with E-state index in [4.69, 9.17) is 9.47 Å². The van der Waals surface area contributed by atoms with Gasteiger partial charge in [0.2, 0.25) is 0 Å². The van der Waals surface area contributed by atoms with E-state index in [0.717, 1.165) is 103 Å². The number of carbonyl (C=O) groups is 2. The number of likely N-dealkylation sites (N-methyl/N-ethyl adjacent to an activating group) is 1. The van der Waals surface area contributed by atoms with E-state index in [9.17, 15) is 9.59 Å². The normalized spacial score (nSPS) is 14.9. The van der Waals surface area contributed by atoms with E-state index in [1.165, 1.54) is 155 Å². The maximum atomic E-state index is 13.1. The number of nitrogens with zero attached hydrogens (tertiary/aromatic N) is 3. The quantitative estimate of drug-likeness (QED) is 0.0448. The Labute approximate surface area is 362 Å². The summed E-state index contributed by atoms with van der Waals surface area (Å²) >= 11 is 0. The summed E-state index contributed by atoms with van der Waals surface area (Å²) in [7, 11) is 2.23. The summed E-state index contributed by atoms with van der Waals surface area (Å²) in [6, 6.07) is 0. The van der Waals surface area contributed by atoms with Crippen LogP contribution in [-0.4, -0.2) is 99.3 Å². The summed E-state index contributed by atoms with van der Waals surface area (Å²) in [6.45, 7) is 19.5. The van der Waals surface area contributed by atoms with E-state index >= 15 is 0 Å². The summed E-state index contributed by atoms with van der Waals surface area (Å²) in [5.74, 6) is 0.348. The van der Waals surface area contributed by atoms with E-state index in [1.54, 1.807) is 0 Å². The van der Waals surface area contributed by atoms with Gasteiger partial charge in [0, 0.05) is 39.3 Å². The van der Waals surface area contributed by atoms with E-state index in [-0.39, 0.29) is 23.8 Å². The zero-order valence-electron chi connectivity index (χ0n) is 39.8. The molecule has 0 bridgehead atoms. The summed E-state index contributed by atoms with van der Waals surface area (Å²) in [6.07, 6.45) is 38.2. The first-order valence-corrected chi connectivity index (χ1v) is 25.9. The number of piperazine rings is 1. The molecule has 0 amide bonds. The van der Waals surface area contributed by atoms with Crippen LogP contribution in [0.2, 0.25) is 0 Å². The van der Waals surface area contributed by atoms with Gasteiger partial charge < -0.3 is 19.3 Å². The summed E-state index contributed by atoms with van der Waals surface area (Å²) < 4.78 is 11.8. The summed E-state index contributed by atoms with van der Waals surface area (Å²) in [5, 5.41) is 0. The van der Waals surface area contributed by atoms with E-state index < -0.39 is 0 Å². The lowest BCUT2D eigenvalue weighted by atomic mass is 9.94. The number of rotatable bonds is 43. The highest BCUT2D eigenvalue weighted by Crippen LogP contribution is 2.22. The molecule has 0 aromatic heterocycles. The van der Waals surface area contributed by atoms with Gasteiger partial charge in [-0.3, -0.25) is 14.5 Å². The van der Waals surface area contributed by atoms with Crippen molar-refractivity contribution in [2.75, 3.05) is 72.6 Å². The van der Waals surface area contributed by atoms with Crippen molar-refractivity contribution in [3.05, 3.63) is 0 Å². The molecule has 0 radical (unpaired) electrons. The molecular formula is C51H101N3O4. The van der Waals surface area contributed by atoms with Crippen LogP contribution in [0.4, 0.5) is 0 Å². The van der Waals surface area contributed by atoms with Gasteiger partial charge in [0.1, 0.15) is 0 Å². The molecule has 344 valence electrons. The standard InChI is InChI=1S/C51H101N3O4/c1-6-10-14-18-20-28-36-48(34-26-16-12-8-3)50(55)57-46-32-24-22-30-38-53(44-45-54-42-40-52(5)41-43-54)39-31-23-25-33-47-58-51(56)49(35-27-17-13-9-4)37-29-21-19-15-11-7-2/h48-49H,6-47H2,1-5H3. The number of ether oxygens (including phenoxy) is 2. The van der Waals surface area contributed by atoms with Gasteiger partial charge in [-0.05, 0) is 71.5 Å². The van der Waals surface area contributed by atoms with Crippen LogP contribution in [0.3, 0.4) is 0 Å². The first kappa shape index (κ1) is 54.8. The molecule has 1 rings (SSSR count). The fraction of sp³-hybridized carbons (Fsp3) is 0.961. The molecule has 7 heteroatoms. The first-order valence-electron chi connectivity index (χ1n) is 25.9. The molecule has 1 aliphatic rings. The van der Waals surface area contributed by atoms with Crippen molar-refractivity contribution in [1.29, 1.82) is 0 Å². The van der Waals surface area contributed by atoms with Gasteiger partial charge in [-0.15, -0.1) is 0 Å². The van der Waals surface area contributed by atoms with Crippen LogP contribution in [-0.2, 0) is 19.1 Å². The molecule has 2 atom stereocenters. The van der Waals surface area contributed by atoms with Crippen molar-refractivity contribution in [1.82, 2.24) is 14.7 Å².